The number of carbonyl (C=O) groups excluding carboxylic acids is 1. The molecule has 2 aromatic carbocycles. The molecular weight excluding hydrogens is 445 g/mol. The van der Waals surface area contributed by atoms with Crippen molar-refractivity contribution in [2.45, 2.75) is 18.9 Å². The van der Waals surface area contributed by atoms with E-state index in [2.05, 4.69) is 21.2 Å². The predicted molar refractivity (Wildman–Crippen MR) is 132 cm³/mol. The van der Waals surface area contributed by atoms with Gasteiger partial charge < -0.3 is 19.5 Å². The highest BCUT2D eigenvalue weighted by atomic mass is 19.1. The summed E-state index contributed by atoms with van der Waals surface area (Å²) in [7, 11) is 0. The third-order valence-corrected chi connectivity index (χ3v) is 6.82. The molecule has 0 bridgehead atoms. The first-order chi connectivity index (χ1) is 17.1. The lowest BCUT2D eigenvalue weighted by Gasteiger charge is -2.41. The van der Waals surface area contributed by atoms with Crippen LogP contribution >= 0.6 is 0 Å². The summed E-state index contributed by atoms with van der Waals surface area (Å²) in [5, 5.41) is 12.7. The third kappa shape index (κ3) is 5.21. The van der Waals surface area contributed by atoms with Crippen molar-refractivity contribution in [2.24, 2.45) is 0 Å². The second kappa shape index (κ2) is 10.3. The van der Waals surface area contributed by atoms with Gasteiger partial charge in [0.05, 0.1) is 30.0 Å². The number of halogens is 1. The second-order valence-electron chi connectivity index (χ2n) is 8.95. The summed E-state index contributed by atoms with van der Waals surface area (Å²) in [6.45, 7) is 5.41. The number of carbonyl (C=O) groups is 1. The Morgan fingerprint density at radius 2 is 1.77 bits per heavy atom. The summed E-state index contributed by atoms with van der Waals surface area (Å²) in [6.07, 6.45) is 5.58. The highest BCUT2D eigenvalue weighted by Crippen LogP contribution is 2.28. The number of anilines is 2. The Morgan fingerprint density at radius 1 is 1.03 bits per heavy atom. The Hall–Kier alpha value is -3.67. The molecule has 2 fully saturated rings. The molecule has 1 amide bonds. The molecule has 35 heavy (non-hydrogen) atoms. The van der Waals surface area contributed by atoms with Gasteiger partial charge in [-0.15, -0.1) is 0 Å². The average molecular weight is 474 g/mol. The molecule has 1 N–H and O–H groups in total. The summed E-state index contributed by atoms with van der Waals surface area (Å²) in [5.41, 5.74) is 3.28. The number of morpholine rings is 1. The molecule has 180 valence electrons. The standard InChI is InChI=1S/C27H28FN5O2/c28-22-1-4-24(5-2-22)33-10-7-20(19-33)27(34)30-23-3-6-26(21(17-23)18-29)32-11-8-25(9-12-32)31-13-15-35-16-14-31/h1-7,10,17,19,25H,8-9,11-16H2,(H,30,34). The number of nitriles is 1. The highest BCUT2D eigenvalue weighted by Gasteiger charge is 2.27. The van der Waals surface area contributed by atoms with Crippen LogP contribution in [-0.4, -0.2) is 60.8 Å². The van der Waals surface area contributed by atoms with E-state index >= 15 is 0 Å². The third-order valence-electron chi connectivity index (χ3n) is 6.82. The largest absolute Gasteiger partial charge is 0.379 e. The number of nitrogens with zero attached hydrogens (tertiary/aromatic N) is 4. The average Bonchev–Trinajstić information content (AvgIpc) is 3.40. The van der Waals surface area contributed by atoms with E-state index < -0.39 is 0 Å². The first-order valence-electron chi connectivity index (χ1n) is 12.0. The fourth-order valence-corrected chi connectivity index (χ4v) is 4.90. The first kappa shape index (κ1) is 23.1. The fourth-order valence-electron chi connectivity index (χ4n) is 4.90. The van der Waals surface area contributed by atoms with Gasteiger partial charge in [0, 0.05) is 56.0 Å². The Kier molecular flexibility index (Phi) is 6.80. The number of amides is 1. The topological polar surface area (TPSA) is 73.5 Å². The van der Waals surface area contributed by atoms with Crippen LogP contribution in [0.3, 0.4) is 0 Å². The van der Waals surface area contributed by atoms with Crippen LogP contribution in [0.5, 0.6) is 0 Å². The molecule has 0 atom stereocenters. The summed E-state index contributed by atoms with van der Waals surface area (Å²) in [6, 6.07) is 16.1. The van der Waals surface area contributed by atoms with Gasteiger partial charge >= 0.3 is 0 Å². The summed E-state index contributed by atoms with van der Waals surface area (Å²) >= 11 is 0. The maximum Gasteiger partial charge on any atom is 0.257 e. The normalized spacial score (nSPS) is 17.2. The van der Waals surface area contributed by atoms with Gasteiger partial charge in [-0.1, -0.05) is 0 Å². The minimum Gasteiger partial charge on any atom is -0.379 e. The quantitative estimate of drug-likeness (QED) is 0.606. The number of ether oxygens (including phenoxy) is 1. The van der Waals surface area contributed by atoms with Crippen molar-refractivity contribution >= 4 is 17.3 Å². The monoisotopic (exact) mass is 473 g/mol. The number of benzene rings is 2. The minimum atomic E-state index is -0.308. The smallest absolute Gasteiger partial charge is 0.257 e. The number of nitrogens with one attached hydrogen (secondary N) is 1. The van der Waals surface area contributed by atoms with E-state index in [1.807, 2.05) is 12.1 Å². The van der Waals surface area contributed by atoms with Crippen molar-refractivity contribution in [1.29, 1.82) is 5.26 Å². The zero-order chi connectivity index (χ0) is 24.2. The first-order valence-corrected chi connectivity index (χ1v) is 12.0. The molecule has 0 radical (unpaired) electrons. The number of aromatic nitrogens is 1. The molecule has 0 aliphatic carbocycles. The van der Waals surface area contributed by atoms with Crippen molar-refractivity contribution in [3.05, 3.63) is 77.9 Å². The van der Waals surface area contributed by atoms with Gasteiger partial charge in [-0.3, -0.25) is 9.69 Å². The molecule has 8 heteroatoms. The van der Waals surface area contributed by atoms with Crippen LogP contribution in [0.25, 0.3) is 5.69 Å². The summed E-state index contributed by atoms with van der Waals surface area (Å²) in [4.78, 5) is 17.6. The summed E-state index contributed by atoms with van der Waals surface area (Å²) < 4.78 is 20.4. The SMILES string of the molecule is N#Cc1cc(NC(=O)c2ccn(-c3ccc(F)cc3)c2)ccc1N1CCC(N2CCOCC2)CC1. The Labute approximate surface area is 204 Å². The van der Waals surface area contributed by atoms with Crippen LogP contribution in [0, 0.1) is 17.1 Å². The van der Waals surface area contributed by atoms with E-state index in [9.17, 15) is 14.4 Å². The molecule has 3 aromatic rings. The molecular formula is C27H28FN5O2. The van der Waals surface area contributed by atoms with Crippen LogP contribution in [0.4, 0.5) is 15.8 Å². The number of piperidine rings is 1. The van der Waals surface area contributed by atoms with E-state index in [-0.39, 0.29) is 11.7 Å². The van der Waals surface area contributed by atoms with Crippen LogP contribution < -0.4 is 10.2 Å². The molecule has 2 aliphatic rings. The van der Waals surface area contributed by atoms with Crippen molar-refractivity contribution in [3.63, 3.8) is 0 Å². The van der Waals surface area contributed by atoms with Crippen LogP contribution in [0.15, 0.2) is 60.9 Å². The molecule has 2 saturated heterocycles. The van der Waals surface area contributed by atoms with Gasteiger partial charge in [0.1, 0.15) is 11.9 Å². The van der Waals surface area contributed by atoms with Gasteiger partial charge in [0.2, 0.25) is 0 Å². The van der Waals surface area contributed by atoms with Crippen molar-refractivity contribution in [2.75, 3.05) is 49.6 Å². The van der Waals surface area contributed by atoms with E-state index in [0.717, 1.165) is 63.6 Å². The molecule has 5 rings (SSSR count). The molecule has 2 aliphatic heterocycles. The zero-order valence-electron chi connectivity index (χ0n) is 19.5. The molecule has 0 unspecified atom stereocenters. The van der Waals surface area contributed by atoms with Gasteiger partial charge in [-0.2, -0.15) is 5.26 Å². The van der Waals surface area contributed by atoms with Gasteiger partial charge in [0.25, 0.3) is 5.91 Å². The summed E-state index contributed by atoms with van der Waals surface area (Å²) in [5.74, 6) is -0.578. The van der Waals surface area contributed by atoms with Crippen molar-refractivity contribution in [1.82, 2.24) is 9.47 Å². The number of hydrogen-bond acceptors (Lipinski definition) is 5. The fraction of sp³-hybridized carbons (Fsp3) is 0.333. The lowest BCUT2D eigenvalue weighted by atomic mass is 10.0. The maximum absolute atomic E-state index is 13.2. The maximum atomic E-state index is 13.2. The molecule has 1 aromatic heterocycles. The van der Waals surface area contributed by atoms with Crippen molar-refractivity contribution < 1.29 is 13.9 Å². The Bertz CT molecular complexity index is 1220. The highest BCUT2D eigenvalue weighted by molar-refractivity contribution is 6.04. The number of rotatable bonds is 5. The lowest BCUT2D eigenvalue weighted by Crippen LogP contribution is -2.49. The van der Waals surface area contributed by atoms with E-state index in [4.69, 9.17) is 4.74 Å². The number of hydrogen-bond donors (Lipinski definition) is 1. The molecule has 0 spiro atoms. The predicted octanol–water partition coefficient (Wildman–Crippen LogP) is 4.04. The van der Waals surface area contributed by atoms with E-state index in [1.165, 1.54) is 12.1 Å². The van der Waals surface area contributed by atoms with E-state index in [1.54, 1.807) is 41.2 Å². The zero-order valence-corrected chi connectivity index (χ0v) is 19.5. The minimum absolute atomic E-state index is 0.270. The van der Waals surface area contributed by atoms with Gasteiger partial charge in [-0.05, 0) is 61.4 Å². The molecule has 7 nitrogen and oxygen atoms in total. The Balaban J connectivity index is 1.23. The van der Waals surface area contributed by atoms with Crippen molar-refractivity contribution in [3.8, 4) is 11.8 Å². The lowest BCUT2D eigenvalue weighted by molar-refractivity contribution is 0.0115. The van der Waals surface area contributed by atoms with Crippen LogP contribution in [0.1, 0.15) is 28.8 Å². The van der Waals surface area contributed by atoms with Crippen LogP contribution in [-0.2, 0) is 4.74 Å². The van der Waals surface area contributed by atoms with Gasteiger partial charge in [0.15, 0.2) is 0 Å². The van der Waals surface area contributed by atoms with Crippen LogP contribution in [0.2, 0.25) is 0 Å². The second-order valence-corrected chi connectivity index (χ2v) is 8.95. The van der Waals surface area contributed by atoms with E-state index in [0.29, 0.717) is 22.9 Å². The molecule has 3 heterocycles. The van der Waals surface area contributed by atoms with Gasteiger partial charge in [-0.25, -0.2) is 4.39 Å². The Morgan fingerprint density at radius 3 is 2.49 bits per heavy atom. The molecule has 0 saturated carbocycles.